The summed E-state index contributed by atoms with van der Waals surface area (Å²) in [4.78, 5) is 29.0. The lowest BCUT2D eigenvalue weighted by molar-refractivity contribution is 0.0123. The summed E-state index contributed by atoms with van der Waals surface area (Å²) in [5.74, 6) is -0.695. The molecule has 7 nitrogen and oxygen atoms in total. The van der Waals surface area contributed by atoms with Crippen molar-refractivity contribution in [3.8, 4) is 5.75 Å². The molecule has 8 heteroatoms. The Morgan fingerprint density at radius 2 is 1.65 bits per heavy atom. The summed E-state index contributed by atoms with van der Waals surface area (Å²) in [6.45, 7) is 9.23. The van der Waals surface area contributed by atoms with E-state index in [1.165, 1.54) is 17.7 Å². The fourth-order valence-corrected chi connectivity index (χ4v) is 4.75. The van der Waals surface area contributed by atoms with Gasteiger partial charge in [0.25, 0.3) is 5.91 Å². The smallest absolute Gasteiger partial charge is 0.410 e. The Hall–Kier alpha value is -3.13. The van der Waals surface area contributed by atoms with Gasteiger partial charge in [-0.25, -0.2) is 9.18 Å². The number of carbonyl (C=O) groups excluding carboxylic acids is 2. The Kier molecular flexibility index (Phi) is 8.69. The maximum absolute atomic E-state index is 14.8. The molecule has 2 aromatic carbocycles. The highest BCUT2D eigenvalue weighted by Gasteiger charge is 2.28. The van der Waals surface area contributed by atoms with Crippen LogP contribution < -0.4 is 10.1 Å². The highest BCUT2D eigenvalue weighted by atomic mass is 19.1. The number of hydrogen-bond acceptors (Lipinski definition) is 5. The van der Waals surface area contributed by atoms with Crippen LogP contribution >= 0.6 is 0 Å². The summed E-state index contributed by atoms with van der Waals surface area (Å²) in [5.41, 5.74) is 1.04. The summed E-state index contributed by atoms with van der Waals surface area (Å²) >= 11 is 0. The van der Waals surface area contributed by atoms with E-state index >= 15 is 0 Å². The monoisotopic (exact) mass is 511 g/mol. The zero-order valence-electron chi connectivity index (χ0n) is 22.0. The van der Waals surface area contributed by atoms with Crippen molar-refractivity contribution in [2.24, 2.45) is 0 Å². The van der Waals surface area contributed by atoms with Gasteiger partial charge in [-0.05, 0) is 57.4 Å². The summed E-state index contributed by atoms with van der Waals surface area (Å²) in [5, 5.41) is 3.06. The van der Waals surface area contributed by atoms with Gasteiger partial charge >= 0.3 is 6.09 Å². The molecule has 2 saturated heterocycles. The third-order valence-electron chi connectivity index (χ3n) is 6.75. The third kappa shape index (κ3) is 7.92. The van der Waals surface area contributed by atoms with Crippen molar-refractivity contribution in [1.82, 2.24) is 15.1 Å². The molecule has 2 aromatic rings. The number of piperidine rings is 2. The van der Waals surface area contributed by atoms with Gasteiger partial charge in [0.2, 0.25) is 0 Å². The minimum absolute atomic E-state index is 0.0775. The molecule has 200 valence electrons. The van der Waals surface area contributed by atoms with Crippen molar-refractivity contribution in [2.45, 2.75) is 70.7 Å². The number of amides is 2. The maximum atomic E-state index is 14.8. The quantitative estimate of drug-likeness (QED) is 0.591. The summed E-state index contributed by atoms with van der Waals surface area (Å²) < 4.78 is 26.1. The lowest BCUT2D eigenvalue weighted by Crippen LogP contribution is -2.44. The van der Waals surface area contributed by atoms with Crippen molar-refractivity contribution in [3.63, 3.8) is 0 Å². The molecule has 0 radical (unpaired) electrons. The van der Waals surface area contributed by atoms with Crippen LogP contribution in [0.25, 0.3) is 0 Å². The van der Waals surface area contributed by atoms with Crippen LogP contribution in [-0.4, -0.2) is 65.7 Å². The summed E-state index contributed by atoms with van der Waals surface area (Å²) in [6, 6.07) is 14.8. The highest BCUT2D eigenvalue weighted by Crippen LogP contribution is 2.24. The largest absolute Gasteiger partial charge is 0.487 e. The number of rotatable bonds is 6. The molecule has 37 heavy (non-hydrogen) atoms. The number of benzene rings is 2. The first-order valence-electron chi connectivity index (χ1n) is 13.2. The Labute approximate surface area is 218 Å². The molecule has 0 bridgehead atoms. The second-order valence-corrected chi connectivity index (χ2v) is 10.9. The first kappa shape index (κ1) is 26.9. The molecule has 2 amide bonds. The van der Waals surface area contributed by atoms with Crippen molar-refractivity contribution in [2.75, 3.05) is 26.2 Å². The first-order chi connectivity index (χ1) is 17.7. The second-order valence-electron chi connectivity index (χ2n) is 10.9. The molecule has 2 aliphatic heterocycles. The van der Waals surface area contributed by atoms with Crippen LogP contribution in [0, 0.1) is 5.82 Å². The van der Waals surface area contributed by atoms with Crippen LogP contribution in [0.5, 0.6) is 5.75 Å². The van der Waals surface area contributed by atoms with Crippen LogP contribution in [0.1, 0.15) is 62.4 Å². The molecular formula is C29H38FN3O4. The van der Waals surface area contributed by atoms with Crippen LogP contribution in [0.15, 0.2) is 48.5 Å². The molecule has 2 aliphatic rings. The zero-order valence-corrected chi connectivity index (χ0v) is 22.0. The number of ether oxygens (including phenoxy) is 2. The number of carbonyl (C=O) groups is 2. The SMILES string of the molecule is CC(C)(C)OC(=O)N1CCC(Oc2ccc(C(=O)NC3CCN(Cc4ccccc4)CC3)cc2F)CC1. The molecule has 2 heterocycles. The molecule has 1 N–H and O–H groups in total. The molecule has 0 saturated carbocycles. The van der Waals surface area contributed by atoms with E-state index in [4.69, 9.17) is 9.47 Å². The Morgan fingerprint density at radius 3 is 2.27 bits per heavy atom. The summed E-state index contributed by atoms with van der Waals surface area (Å²) in [7, 11) is 0. The molecule has 0 spiro atoms. The van der Waals surface area contributed by atoms with E-state index in [2.05, 4.69) is 22.3 Å². The van der Waals surface area contributed by atoms with Gasteiger partial charge in [-0.1, -0.05) is 30.3 Å². The van der Waals surface area contributed by atoms with Crippen molar-refractivity contribution >= 4 is 12.0 Å². The predicted molar refractivity (Wildman–Crippen MR) is 140 cm³/mol. The van der Waals surface area contributed by atoms with Crippen molar-refractivity contribution in [1.29, 1.82) is 0 Å². The first-order valence-corrected chi connectivity index (χ1v) is 13.2. The van der Waals surface area contributed by atoms with Gasteiger partial charge in [0.1, 0.15) is 11.7 Å². The van der Waals surface area contributed by atoms with E-state index in [0.717, 1.165) is 32.5 Å². The average molecular weight is 512 g/mol. The summed E-state index contributed by atoms with van der Waals surface area (Å²) in [6.07, 6.45) is 2.37. The standard InChI is InChI=1S/C29H38FN3O4/c1-29(2,3)37-28(35)33-17-13-24(14-18-33)36-26-10-9-22(19-25(26)30)27(34)31-23-11-15-32(16-12-23)20-21-7-5-4-6-8-21/h4-10,19,23-24H,11-18,20H2,1-3H3,(H,31,34). The number of halogens is 1. The van der Waals surface area contributed by atoms with Gasteiger partial charge in [0.05, 0.1) is 0 Å². The van der Waals surface area contributed by atoms with Crippen LogP contribution in [-0.2, 0) is 11.3 Å². The minimum Gasteiger partial charge on any atom is -0.487 e. The van der Waals surface area contributed by atoms with Gasteiger partial charge in [-0.2, -0.15) is 0 Å². The number of nitrogens with zero attached hydrogens (tertiary/aromatic N) is 2. The van der Waals surface area contributed by atoms with Gasteiger partial charge < -0.3 is 19.7 Å². The maximum Gasteiger partial charge on any atom is 0.410 e. The molecular weight excluding hydrogens is 473 g/mol. The molecule has 0 aromatic heterocycles. The van der Waals surface area contributed by atoms with Gasteiger partial charge in [0, 0.05) is 57.2 Å². The van der Waals surface area contributed by atoms with Crippen molar-refractivity contribution < 1.29 is 23.5 Å². The van der Waals surface area contributed by atoms with Gasteiger partial charge in [0.15, 0.2) is 11.6 Å². The average Bonchev–Trinajstić information content (AvgIpc) is 2.86. The Morgan fingerprint density at radius 1 is 0.973 bits per heavy atom. The van der Waals surface area contributed by atoms with E-state index < -0.39 is 11.4 Å². The number of hydrogen-bond donors (Lipinski definition) is 1. The fourth-order valence-electron chi connectivity index (χ4n) is 4.75. The molecule has 0 aliphatic carbocycles. The topological polar surface area (TPSA) is 71.1 Å². The molecule has 2 fully saturated rings. The lowest BCUT2D eigenvalue weighted by Gasteiger charge is -2.33. The van der Waals surface area contributed by atoms with E-state index in [-0.39, 0.29) is 35.5 Å². The number of nitrogens with one attached hydrogen (secondary N) is 1. The molecule has 0 atom stereocenters. The molecule has 0 unspecified atom stereocenters. The zero-order chi connectivity index (χ0) is 26.4. The fraction of sp³-hybridized carbons (Fsp3) is 0.517. The third-order valence-corrected chi connectivity index (χ3v) is 6.75. The Bertz CT molecular complexity index is 1060. The van der Waals surface area contributed by atoms with E-state index in [9.17, 15) is 14.0 Å². The molecule has 4 rings (SSSR count). The van der Waals surface area contributed by atoms with E-state index in [1.54, 1.807) is 11.0 Å². The highest BCUT2D eigenvalue weighted by molar-refractivity contribution is 5.94. The second kappa shape index (κ2) is 11.9. The minimum atomic E-state index is -0.556. The normalized spacial score (nSPS) is 17.9. The van der Waals surface area contributed by atoms with Gasteiger partial charge in [-0.15, -0.1) is 0 Å². The van der Waals surface area contributed by atoms with E-state index in [1.807, 2.05) is 39.0 Å². The predicted octanol–water partition coefficient (Wildman–Crippen LogP) is 5.00. The van der Waals surface area contributed by atoms with Crippen LogP contribution in [0.4, 0.5) is 9.18 Å². The lowest BCUT2D eigenvalue weighted by atomic mass is 10.0. The van der Waals surface area contributed by atoms with Crippen LogP contribution in [0.3, 0.4) is 0 Å². The van der Waals surface area contributed by atoms with Crippen molar-refractivity contribution in [3.05, 3.63) is 65.5 Å². The van der Waals surface area contributed by atoms with Crippen LogP contribution in [0.2, 0.25) is 0 Å². The number of likely N-dealkylation sites (tertiary alicyclic amines) is 2. The Balaban J connectivity index is 1.22. The van der Waals surface area contributed by atoms with E-state index in [0.29, 0.717) is 25.9 Å². The van der Waals surface area contributed by atoms with Gasteiger partial charge in [-0.3, -0.25) is 9.69 Å².